The molecule has 0 heterocycles. The molecule has 0 saturated heterocycles. The van der Waals surface area contributed by atoms with Crippen LogP contribution in [0.2, 0.25) is 0 Å². The summed E-state index contributed by atoms with van der Waals surface area (Å²) in [4.78, 5) is 11.3. The van der Waals surface area contributed by atoms with Gasteiger partial charge in [0.25, 0.3) is 0 Å². The van der Waals surface area contributed by atoms with Crippen LogP contribution in [0.4, 0.5) is 0 Å². The first kappa shape index (κ1) is 10.5. The van der Waals surface area contributed by atoms with Crippen molar-refractivity contribution in [2.24, 2.45) is 11.1 Å². The molecule has 0 amide bonds. The maximum absolute atomic E-state index is 11.3. The van der Waals surface area contributed by atoms with E-state index >= 15 is 0 Å². The van der Waals surface area contributed by atoms with Crippen molar-refractivity contribution in [2.45, 2.75) is 39.0 Å². The molecule has 1 saturated carbocycles. The number of carbonyl (C=O) groups excluding carboxylic acids is 1. The molecule has 76 valence electrons. The Morgan fingerprint density at radius 1 is 1.54 bits per heavy atom. The molecule has 13 heavy (non-hydrogen) atoms. The lowest BCUT2D eigenvalue weighted by molar-refractivity contribution is -0.147. The topological polar surface area (TPSA) is 52.3 Å². The Bertz CT molecular complexity index is 170. The van der Waals surface area contributed by atoms with Crippen molar-refractivity contribution in [1.29, 1.82) is 0 Å². The number of carbonyl (C=O) groups is 1. The average Bonchev–Trinajstić information content (AvgIpc) is 2.08. The average molecular weight is 185 g/mol. The van der Waals surface area contributed by atoms with Gasteiger partial charge >= 0.3 is 5.97 Å². The summed E-state index contributed by atoms with van der Waals surface area (Å²) < 4.78 is 5.03. The summed E-state index contributed by atoms with van der Waals surface area (Å²) >= 11 is 0. The van der Waals surface area contributed by atoms with E-state index in [0.717, 1.165) is 19.3 Å². The van der Waals surface area contributed by atoms with Crippen LogP contribution < -0.4 is 5.73 Å². The maximum atomic E-state index is 11.3. The first-order valence-corrected chi connectivity index (χ1v) is 5.08. The van der Waals surface area contributed by atoms with Crippen molar-refractivity contribution in [2.75, 3.05) is 13.2 Å². The van der Waals surface area contributed by atoms with Crippen molar-refractivity contribution >= 4 is 5.97 Å². The second-order valence-corrected chi connectivity index (χ2v) is 3.95. The molecule has 0 spiro atoms. The molecule has 0 aromatic rings. The quantitative estimate of drug-likeness (QED) is 0.660. The van der Waals surface area contributed by atoms with E-state index in [2.05, 4.69) is 0 Å². The van der Waals surface area contributed by atoms with Gasteiger partial charge in [0.2, 0.25) is 0 Å². The Kier molecular flexibility index (Phi) is 3.72. The predicted octanol–water partition coefficient (Wildman–Crippen LogP) is 1.46. The van der Waals surface area contributed by atoms with Crippen molar-refractivity contribution in [1.82, 2.24) is 0 Å². The lowest BCUT2D eigenvalue weighted by Crippen LogP contribution is -2.39. The molecule has 3 nitrogen and oxygen atoms in total. The first-order chi connectivity index (χ1) is 6.22. The fourth-order valence-electron chi connectivity index (χ4n) is 1.70. The largest absolute Gasteiger partial charge is 0.466 e. The molecule has 3 heteroatoms. The standard InChI is InChI=1S/C10H19NO2/c1-2-6-13-9(12)7-10(8-11)4-3-5-10/h2-8,11H2,1H3. The summed E-state index contributed by atoms with van der Waals surface area (Å²) in [6, 6.07) is 0. The molecule has 0 unspecified atom stereocenters. The predicted molar refractivity (Wildman–Crippen MR) is 51.2 cm³/mol. The minimum atomic E-state index is -0.0769. The summed E-state index contributed by atoms with van der Waals surface area (Å²) in [5.41, 5.74) is 5.73. The number of ether oxygens (including phenoxy) is 1. The second-order valence-electron chi connectivity index (χ2n) is 3.95. The number of hydrogen-bond acceptors (Lipinski definition) is 3. The monoisotopic (exact) mass is 185 g/mol. The number of hydrogen-bond donors (Lipinski definition) is 1. The van der Waals surface area contributed by atoms with Gasteiger partial charge in [0.1, 0.15) is 0 Å². The highest BCUT2D eigenvalue weighted by molar-refractivity contribution is 5.70. The second kappa shape index (κ2) is 4.61. The molecule has 1 aliphatic rings. The van der Waals surface area contributed by atoms with Gasteiger partial charge < -0.3 is 10.5 Å². The fourth-order valence-corrected chi connectivity index (χ4v) is 1.70. The first-order valence-electron chi connectivity index (χ1n) is 5.08. The Morgan fingerprint density at radius 2 is 2.23 bits per heavy atom. The van der Waals surface area contributed by atoms with Gasteiger partial charge in [-0.25, -0.2) is 0 Å². The third-order valence-corrected chi connectivity index (χ3v) is 2.83. The number of rotatable bonds is 5. The van der Waals surface area contributed by atoms with Crippen molar-refractivity contribution in [3.63, 3.8) is 0 Å². The Morgan fingerprint density at radius 3 is 2.62 bits per heavy atom. The van der Waals surface area contributed by atoms with Crippen LogP contribution >= 0.6 is 0 Å². The number of nitrogens with two attached hydrogens (primary N) is 1. The Balaban J connectivity index is 2.25. The third kappa shape index (κ3) is 2.69. The highest BCUT2D eigenvalue weighted by Gasteiger charge is 2.37. The SMILES string of the molecule is CCCOC(=O)CC1(CN)CCC1. The molecule has 1 fully saturated rings. The highest BCUT2D eigenvalue weighted by atomic mass is 16.5. The van der Waals surface area contributed by atoms with Crippen molar-refractivity contribution in [3.05, 3.63) is 0 Å². The maximum Gasteiger partial charge on any atom is 0.306 e. The van der Waals surface area contributed by atoms with Gasteiger partial charge in [-0.3, -0.25) is 4.79 Å². The van der Waals surface area contributed by atoms with E-state index in [4.69, 9.17) is 10.5 Å². The normalized spacial score (nSPS) is 19.2. The third-order valence-electron chi connectivity index (χ3n) is 2.83. The van der Waals surface area contributed by atoms with Crippen molar-refractivity contribution < 1.29 is 9.53 Å². The van der Waals surface area contributed by atoms with Crippen LogP contribution in [0.1, 0.15) is 39.0 Å². The Hall–Kier alpha value is -0.570. The number of esters is 1. The molecule has 0 radical (unpaired) electrons. The summed E-state index contributed by atoms with van der Waals surface area (Å²) in [6.45, 7) is 3.16. The molecule has 2 N–H and O–H groups in total. The van der Waals surface area contributed by atoms with Crippen LogP contribution in [0.15, 0.2) is 0 Å². The lowest BCUT2D eigenvalue weighted by Gasteiger charge is -2.40. The molecule has 0 aliphatic heterocycles. The lowest BCUT2D eigenvalue weighted by atomic mass is 9.67. The molecule has 0 aromatic carbocycles. The smallest absolute Gasteiger partial charge is 0.306 e. The zero-order chi connectivity index (χ0) is 9.73. The fraction of sp³-hybridized carbons (Fsp3) is 0.900. The highest BCUT2D eigenvalue weighted by Crippen LogP contribution is 2.43. The Labute approximate surface area is 79.6 Å². The van der Waals surface area contributed by atoms with E-state index in [9.17, 15) is 4.79 Å². The van der Waals surface area contributed by atoms with Crippen LogP contribution in [0.5, 0.6) is 0 Å². The van der Waals surface area contributed by atoms with Crippen LogP contribution in [-0.2, 0) is 9.53 Å². The van der Waals surface area contributed by atoms with Crippen LogP contribution in [0.3, 0.4) is 0 Å². The molecule has 0 atom stereocenters. The van der Waals surface area contributed by atoms with Gasteiger partial charge in [-0.15, -0.1) is 0 Å². The molecule has 1 aliphatic carbocycles. The van der Waals surface area contributed by atoms with E-state index in [1.165, 1.54) is 6.42 Å². The molecule has 1 rings (SSSR count). The van der Waals surface area contributed by atoms with Crippen molar-refractivity contribution in [3.8, 4) is 0 Å². The minimum absolute atomic E-state index is 0.0769. The van der Waals surface area contributed by atoms with E-state index in [-0.39, 0.29) is 11.4 Å². The van der Waals surface area contributed by atoms with Gasteiger partial charge in [-0.1, -0.05) is 13.3 Å². The van der Waals surface area contributed by atoms with E-state index < -0.39 is 0 Å². The van der Waals surface area contributed by atoms with Gasteiger partial charge in [0, 0.05) is 0 Å². The van der Waals surface area contributed by atoms with E-state index in [0.29, 0.717) is 19.6 Å². The zero-order valence-electron chi connectivity index (χ0n) is 8.34. The van der Waals surface area contributed by atoms with Crippen LogP contribution in [0.25, 0.3) is 0 Å². The van der Waals surface area contributed by atoms with Gasteiger partial charge in [0.15, 0.2) is 0 Å². The summed E-state index contributed by atoms with van der Waals surface area (Å²) in [6.07, 6.45) is 4.79. The zero-order valence-corrected chi connectivity index (χ0v) is 8.34. The molecule has 0 aromatic heterocycles. The molecule has 0 bridgehead atoms. The van der Waals surface area contributed by atoms with Crippen LogP contribution in [-0.4, -0.2) is 19.1 Å². The summed E-state index contributed by atoms with van der Waals surface area (Å²) in [5.74, 6) is -0.0769. The van der Waals surface area contributed by atoms with E-state index in [1.807, 2.05) is 6.92 Å². The molecular formula is C10H19NO2. The minimum Gasteiger partial charge on any atom is -0.466 e. The van der Waals surface area contributed by atoms with Gasteiger partial charge in [-0.05, 0) is 31.2 Å². The van der Waals surface area contributed by atoms with E-state index in [1.54, 1.807) is 0 Å². The van der Waals surface area contributed by atoms with Gasteiger partial charge in [-0.2, -0.15) is 0 Å². The molecular weight excluding hydrogens is 166 g/mol. The summed E-state index contributed by atoms with van der Waals surface area (Å²) in [5, 5.41) is 0. The van der Waals surface area contributed by atoms with Crippen LogP contribution in [0, 0.1) is 5.41 Å². The summed E-state index contributed by atoms with van der Waals surface area (Å²) in [7, 11) is 0. The van der Waals surface area contributed by atoms with Gasteiger partial charge in [0.05, 0.1) is 13.0 Å².